The second kappa shape index (κ2) is 5.01. The zero-order chi connectivity index (χ0) is 13.1. The molecule has 1 aliphatic rings. The number of carbonyl (C=O) groups is 1. The largest absolute Gasteiger partial charge is 0.506 e. The third-order valence-electron chi connectivity index (χ3n) is 2.83. The van der Waals surface area contributed by atoms with E-state index in [1.54, 1.807) is 0 Å². The minimum atomic E-state index is -0.607. The summed E-state index contributed by atoms with van der Waals surface area (Å²) >= 11 is 0. The van der Waals surface area contributed by atoms with Crippen molar-refractivity contribution >= 4 is 17.3 Å². The zero-order valence-corrected chi connectivity index (χ0v) is 9.55. The first-order valence-electron chi connectivity index (χ1n) is 5.59. The van der Waals surface area contributed by atoms with Crippen LogP contribution in [0, 0.1) is 10.1 Å². The van der Waals surface area contributed by atoms with Gasteiger partial charge in [0.1, 0.15) is 5.75 Å². The van der Waals surface area contributed by atoms with E-state index in [4.69, 9.17) is 0 Å². The summed E-state index contributed by atoms with van der Waals surface area (Å²) in [6, 6.07) is 3.30. The maximum atomic E-state index is 11.8. The minimum Gasteiger partial charge on any atom is -0.506 e. The molecule has 96 valence electrons. The molecule has 1 aliphatic heterocycles. The number of phenolic OH excluding ortho intramolecular Hbond substituents is 1. The van der Waals surface area contributed by atoms with Crippen molar-refractivity contribution in [3.05, 3.63) is 28.3 Å². The molecule has 2 rings (SSSR count). The maximum Gasteiger partial charge on any atom is 0.273 e. The average molecular weight is 251 g/mol. The lowest BCUT2D eigenvalue weighted by atomic mass is 10.2. The molecule has 0 aliphatic carbocycles. The highest BCUT2D eigenvalue weighted by molar-refractivity contribution is 5.96. The van der Waals surface area contributed by atoms with Crippen LogP contribution in [0.25, 0.3) is 0 Å². The molecule has 3 N–H and O–H groups in total. The molecule has 1 heterocycles. The molecular formula is C11H13N3O4. The number of nitrogens with one attached hydrogen (secondary N) is 2. The number of nitro benzene ring substituents is 1. The zero-order valence-electron chi connectivity index (χ0n) is 9.55. The van der Waals surface area contributed by atoms with Crippen molar-refractivity contribution in [1.29, 1.82) is 0 Å². The molecule has 1 amide bonds. The van der Waals surface area contributed by atoms with Crippen molar-refractivity contribution < 1.29 is 14.8 Å². The lowest BCUT2D eigenvalue weighted by molar-refractivity contribution is -0.384. The minimum absolute atomic E-state index is 0.180. The molecule has 0 bridgehead atoms. The van der Waals surface area contributed by atoms with E-state index in [0.29, 0.717) is 0 Å². The summed E-state index contributed by atoms with van der Waals surface area (Å²) in [5.74, 6) is -0.549. The third kappa shape index (κ3) is 2.57. The van der Waals surface area contributed by atoms with E-state index in [9.17, 15) is 20.0 Å². The Morgan fingerprint density at radius 3 is 2.89 bits per heavy atom. The van der Waals surface area contributed by atoms with E-state index in [1.807, 2.05) is 0 Å². The highest BCUT2D eigenvalue weighted by atomic mass is 16.6. The van der Waals surface area contributed by atoms with Crippen LogP contribution in [0.4, 0.5) is 11.4 Å². The predicted octanol–water partition coefficient (Wildman–Crippen LogP) is 0.991. The molecule has 1 fully saturated rings. The molecular weight excluding hydrogens is 238 g/mol. The van der Waals surface area contributed by atoms with Gasteiger partial charge in [-0.25, -0.2) is 0 Å². The van der Waals surface area contributed by atoms with Crippen LogP contribution >= 0.6 is 0 Å². The lowest BCUT2D eigenvalue weighted by Crippen LogP contribution is -2.35. The first kappa shape index (κ1) is 12.3. The van der Waals surface area contributed by atoms with Crippen molar-refractivity contribution in [2.45, 2.75) is 18.9 Å². The van der Waals surface area contributed by atoms with Crippen molar-refractivity contribution in [1.82, 2.24) is 5.32 Å². The number of aromatic hydroxyl groups is 1. The van der Waals surface area contributed by atoms with Crippen LogP contribution < -0.4 is 10.6 Å². The van der Waals surface area contributed by atoms with E-state index in [2.05, 4.69) is 10.6 Å². The standard InChI is InChI=1S/C11H13N3O4/c15-10-6-7(14(17)18)3-4-8(10)13-11(16)9-2-1-5-12-9/h3-4,6,9,12,15H,1-2,5H2,(H,13,16)/t9-/m0/s1. The van der Waals surface area contributed by atoms with Crippen LogP contribution in [0.1, 0.15) is 12.8 Å². The normalized spacial score (nSPS) is 18.6. The number of non-ortho nitro benzene ring substituents is 1. The number of amides is 1. The smallest absolute Gasteiger partial charge is 0.273 e. The average Bonchev–Trinajstić information content (AvgIpc) is 2.85. The molecule has 0 radical (unpaired) electrons. The molecule has 0 spiro atoms. The number of nitrogens with zero attached hydrogens (tertiary/aromatic N) is 1. The fourth-order valence-electron chi connectivity index (χ4n) is 1.87. The Kier molecular flexibility index (Phi) is 3.42. The monoisotopic (exact) mass is 251 g/mol. The summed E-state index contributed by atoms with van der Waals surface area (Å²) in [5, 5.41) is 25.7. The van der Waals surface area contributed by atoms with Crippen LogP contribution in [-0.2, 0) is 4.79 Å². The van der Waals surface area contributed by atoms with Crippen LogP contribution in [-0.4, -0.2) is 28.5 Å². The highest BCUT2D eigenvalue weighted by Gasteiger charge is 2.23. The molecule has 0 aromatic heterocycles. The topological polar surface area (TPSA) is 104 Å². The molecule has 18 heavy (non-hydrogen) atoms. The second-order valence-electron chi connectivity index (χ2n) is 4.10. The van der Waals surface area contributed by atoms with Gasteiger partial charge >= 0.3 is 0 Å². The van der Waals surface area contributed by atoms with E-state index >= 15 is 0 Å². The van der Waals surface area contributed by atoms with Crippen LogP contribution in [0.2, 0.25) is 0 Å². The van der Waals surface area contributed by atoms with Gasteiger partial charge in [0.25, 0.3) is 5.69 Å². The Morgan fingerprint density at radius 1 is 1.56 bits per heavy atom. The van der Waals surface area contributed by atoms with Gasteiger partial charge in [-0.05, 0) is 25.5 Å². The van der Waals surface area contributed by atoms with Gasteiger partial charge < -0.3 is 15.7 Å². The van der Waals surface area contributed by atoms with Gasteiger partial charge in [-0.15, -0.1) is 0 Å². The molecule has 7 heteroatoms. The highest BCUT2D eigenvalue weighted by Crippen LogP contribution is 2.28. The van der Waals surface area contributed by atoms with Crippen LogP contribution in [0.5, 0.6) is 5.75 Å². The van der Waals surface area contributed by atoms with Crippen molar-refractivity contribution in [2.75, 3.05) is 11.9 Å². The molecule has 1 aromatic rings. The summed E-state index contributed by atoms with van der Waals surface area (Å²) in [6.45, 7) is 0.796. The number of phenols is 1. The Labute approximate surface area is 103 Å². The van der Waals surface area contributed by atoms with E-state index < -0.39 is 4.92 Å². The van der Waals surface area contributed by atoms with Gasteiger partial charge in [-0.2, -0.15) is 0 Å². The van der Waals surface area contributed by atoms with Crippen LogP contribution in [0.3, 0.4) is 0 Å². The van der Waals surface area contributed by atoms with E-state index in [0.717, 1.165) is 25.5 Å². The van der Waals surface area contributed by atoms with Crippen molar-refractivity contribution in [3.63, 3.8) is 0 Å². The molecule has 7 nitrogen and oxygen atoms in total. The van der Waals surface area contributed by atoms with Gasteiger partial charge in [0.2, 0.25) is 5.91 Å². The van der Waals surface area contributed by atoms with Crippen molar-refractivity contribution in [3.8, 4) is 5.75 Å². The Morgan fingerprint density at radius 2 is 2.33 bits per heavy atom. The van der Waals surface area contributed by atoms with Gasteiger partial charge in [0.15, 0.2) is 0 Å². The molecule has 1 aromatic carbocycles. The Hall–Kier alpha value is -2.15. The van der Waals surface area contributed by atoms with Gasteiger partial charge in [-0.3, -0.25) is 14.9 Å². The van der Waals surface area contributed by atoms with E-state index in [-0.39, 0.29) is 29.1 Å². The summed E-state index contributed by atoms with van der Waals surface area (Å²) in [4.78, 5) is 21.7. The summed E-state index contributed by atoms with van der Waals surface area (Å²) in [5.41, 5.74) is -0.0382. The molecule has 0 unspecified atom stereocenters. The quantitative estimate of drug-likeness (QED) is 0.422. The van der Waals surface area contributed by atoms with E-state index in [1.165, 1.54) is 12.1 Å². The Balaban J connectivity index is 2.09. The number of anilines is 1. The third-order valence-corrected chi connectivity index (χ3v) is 2.83. The fourth-order valence-corrected chi connectivity index (χ4v) is 1.87. The number of nitro groups is 1. The predicted molar refractivity (Wildman–Crippen MR) is 64.4 cm³/mol. The van der Waals surface area contributed by atoms with Gasteiger partial charge in [0.05, 0.1) is 22.7 Å². The second-order valence-corrected chi connectivity index (χ2v) is 4.10. The lowest BCUT2D eigenvalue weighted by Gasteiger charge is -2.11. The first-order chi connectivity index (χ1) is 8.58. The number of hydrogen-bond donors (Lipinski definition) is 3. The van der Waals surface area contributed by atoms with Crippen molar-refractivity contribution in [2.24, 2.45) is 0 Å². The first-order valence-corrected chi connectivity index (χ1v) is 5.59. The summed E-state index contributed by atoms with van der Waals surface area (Å²) < 4.78 is 0. The molecule has 1 saturated heterocycles. The SMILES string of the molecule is O=C(Nc1ccc([N+](=O)[O-])cc1O)[C@@H]1CCCN1. The number of benzene rings is 1. The number of rotatable bonds is 3. The maximum absolute atomic E-state index is 11.8. The number of carbonyl (C=O) groups excluding carboxylic acids is 1. The van der Waals surface area contributed by atoms with Gasteiger partial charge in [-0.1, -0.05) is 0 Å². The van der Waals surface area contributed by atoms with Crippen LogP contribution in [0.15, 0.2) is 18.2 Å². The summed E-state index contributed by atoms with van der Waals surface area (Å²) in [7, 11) is 0. The number of hydrogen-bond acceptors (Lipinski definition) is 5. The van der Waals surface area contributed by atoms with Gasteiger partial charge in [0, 0.05) is 6.07 Å². The molecule has 0 saturated carbocycles. The fraction of sp³-hybridized carbons (Fsp3) is 0.364. The Bertz CT molecular complexity index is 483. The summed E-state index contributed by atoms with van der Waals surface area (Å²) in [6.07, 6.45) is 1.68. The molecule has 1 atom stereocenters.